The molecule has 0 saturated carbocycles. The Morgan fingerprint density at radius 2 is 1.17 bits per heavy atom. The molecule has 0 amide bonds. The largest absolute Gasteiger partial charge is 1.00 e. The summed E-state index contributed by atoms with van der Waals surface area (Å²) >= 11 is -4.29. The number of hydrogen-bond acceptors (Lipinski definition) is 3. The summed E-state index contributed by atoms with van der Waals surface area (Å²) in [5, 5.41) is 0. The molecule has 0 fully saturated rings. The van der Waals surface area contributed by atoms with E-state index in [2.05, 4.69) is 0 Å². The van der Waals surface area contributed by atoms with Gasteiger partial charge < -0.3 is 0 Å². The fourth-order valence-electron chi connectivity index (χ4n) is 0. The predicted octanol–water partition coefficient (Wildman–Crippen LogP) is -8.87. The van der Waals surface area contributed by atoms with Crippen molar-refractivity contribution in [3.8, 4) is 0 Å². The van der Waals surface area contributed by atoms with Crippen molar-refractivity contribution in [1.29, 1.82) is 0 Å². The molecule has 0 aromatic carbocycles. The molecular formula is O3Rb2Sn. The molecule has 24 valence electrons. The van der Waals surface area contributed by atoms with Gasteiger partial charge in [0.15, 0.2) is 0 Å². The van der Waals surface area contributed by atoms with Crippen molar-refractivity contribution in [3.05, 3.63) is 0 Å². The van der Waals surface area contributed by atoms with Gasteiger partial charge in [-0.1, -0.05) is 0 Å². The molecule has 3 nitrogen and oxygen atoms in total. The minimum Gasteiger partial charge on any atom is 1.00 e. The van der Waals surface area contributed by atoms with Crippen molar-refractivity contribution in [1.82, 2.24) is 0 Å². The first-order valence-electron chi connectivity index (χ1n) is 0.612. The smallest absolute Gasteiger partial charge is 1.00 e. The Kier molecular flexibility index (Phi) is 32.9. The van der Waals surface area contributed by atoms with Gasteiger partial charge in [0.05, 0.1) is 0 Å². The molecule has 0 spiro atoms. The van der Waals surface area contributed by atoms with Crippen LogP contribution in [0.15, 0.2) is 0 Å². The second-order valence-electron chi connectivity index (χ2n) is 0.250. The monoisotopic (exact) mass is 338 g/mol. The molecule has 0 unspecified atom stereocenters. The molecule has 0 saturated heterocycles. The normalized spacial score (nSPS) is 4.33. The van der Waals surface area contributed by atoms with Crippen molar-refractivity contribution in [2.45, 2.75) is 0 Å². The molecule has 0 aliphatic heterocycles. The summed E-state index contributed by atoms with van der Waals surface area (Å²) in [4.78, 5) is 0. The SMILES string of the molecule is [O]=[Sn]([O-])[O-].[Rb+].[Rb+]. The second kappa shape index (κ2) is 11.9. The van der Waals surface area contributed by atoms with E-state index in [4.69, 9.17) is 9.96 Å². The molecule has 0 rings (SSSR count). The Morgan fingerprint density at radius 1 is 1.17 bits per heavy atom. The van der Waals surface area contributed by atoms with Crippen LogP contribution in [0, 0.1) is 0 Å². The predicted molar refractivity (Wildman–Crippen MR) is 6.44 cm³/mol. The van der Waals surface area contributed by atoms with Gasteiger partial charge >= 0.3 is 147 Å². The molecule has 0 aliphatic rings. The molecule has 0 aliphatic carbocycles. The van der Waals surface area contributed by atoms with Crippen LogP contribution in [-0.4, -0.2) is 20.6 Å². The van der Waals surface area contributed by atoms with E-state index in [1.54, 1.807) is 0 Å². The summed E-state index contributed by atoms with van der Waals surface area (Å²) in [6.45, 7) is 0. The zero-order valence-electron chi connectivity index (χ0n) is 3.72. The average Bonchev–Trinajstić information content (AvgIpc) is 0.811. The molecule has 6 heteroatoms. The van der Waals surface area contributed by atoms with Crippen LogP contribution in [0.2, 0.25) is 0 Å². The van der Waals surface area contributed by atoms with Gasteiger partial charge in [-0.05, 0) is 0 Å². The van der Waals surface area contributed by atoms with E-state index in [0.29, 0.717) is 0 Å². The Hall–Kier alpha value is 4.13. The van der Waals surface area contributed by atoms with Crippen molar-refractivity contribution in [2.24, 2.45) is 0 Å². The van der Waals surface area contributed by atoms with E-state index >= 15 is 0 Å². The first-order valence-corrected chi connectivity index (χ1v) is 4.11. The first-order chi connectivity index (χ1) is 1.73. The van der Waals surface area contributed by atoms with Crippen LogP contribution in [0.25, 0.3) is 0 Å². The molecule has 0 radical (unpaired) electrons. The zero-order chi connectivity index (χ0) is 3.58. The van der Waals surface area contributed by atoms with E-state index in [1.165, 1.54) is 0 Å². The fraction of sp³-hybridized carbons (Fsp3) is 0. The molecule has 0 N–H and O–H groups in total. The third-order valence-electron chi connectivity index (χ3n) is 0. The fourth-order valence-corrected chi connectivity index (χ4v) is 0. The van der Waals surface area contributed by atoms with Gasteiger partial charge in [-0.15, -0.1) is 0 Å². The quantitative estimate of drug-likeness (QED) is 0.413. The van der Waals surface area contributed by atoms with Gasteiger partial charge in [-0.3, -0.25) is 0 Å². The van der Waals surface area contributed by atoms with Crippen molar-refractivity contribution in [3.63, 3.8) is 0 Å². The van der Waals surface area contributed by atoms with E-state index in [9.17, 15) is 0 Å². The van der Waals surface area contributed by atoms with Gasteiger partial charge in [0.1, 0.15) is 0 Å². The van der Waals surface area contributed by atoms with Gasteiger partial charge in [-0.25, -0.2) is 0 Å². The zero-order valence-corrected chi connectivity index (χ0v) is 16.4. The standard InChI is InChI=1S/3O.2Rb.Sn/q;2*-1;2*+1;. The molecular weight excluding hydrogens is 338 g/mol. The summed E-state index contributed by atoms with van der Waals surface area (Å²) in [5.41, 5.74) is 0. The Bertz CT molecular complexity index is 31.8. The first kappa shape index (κ1) is 16.6. The van der Waals surface area contributed by atoms with Gasteiger partial charge in [0, 0.05) is 0 Å². The van der Waals surface area contributed by atoms with Crippen molar-refractivity contribution in [2.75, 3.05) is 0 Å². The number of hydrogen-bond donors (Lipinski definition) is 0. The minimum atomic E-state index is -4.29. The maximum Gasteiger partial charge on any atom is 1.00 e. The minimum absolute atomic E-state index is 0. The third kappa shape index (κ3) is 24.2. The Balaban J connectivity index is -0.0000000450. The van der Waals surface area contributed by atoms with Crippen LogP contribution in [0.5, 0.6) is 0 Å². The molecule has 0 heterocycles. The third-order valence-corrected chi connectivity index (χ3v) is 0. The topological polar surface area (TPSA) is 63.2 Å². The molecule has 0 aromatic heterocycles. The van der Waals surface area contributed by atoms with E-state index in [0.717, 1.165) is 0 Å². The van der Waals surface area contributed by atoms with E-state index < -0.39 is 20.6 Å². The van der Waals surface area contributed by atoms with Crippen LogP contribution >= 0.6 is 0 Å². The van der Waals surface area contributed by atoms with Gasteiger partial charge in [-0.2, -0.15) is 0 Å². The summed E-state index contributed by atoms with van der Waals surface area (Å²) in [6.07, 6.45) is 0. The Labute approximate surface area is 142 Å². The summed E-state index contributed by atoms with van der Waals surface area (Å²) in [5.74, 6) is 0. The summed E-state index contributed by atoms with van der Waals surface area (Å²) < 4.78 is 25.8. The van der Waals surface area contributed by atoms with Crippen LogP contribution in [0.1, 0.15) is 0 Å². The van der Waals surface area contributed by atoms with Crippen LogP contribution < -0.4 is 123 Å². The van der Waals surface area contributed by atoms with Crippen molar-refractivity contribution < 1.29 is 126 Å². The van der Waals surface area contributed by atoms with Gasteiger partial charge in [0.2, 0.25) is 0 Å². The maximum atomic E-state index is 8.61. The van der Waals surface area contributed by atoms with Crippen molar-refractivity contribution >= 4 is 20.6 Å². The van der Waals surface area contributed by atoms with Gasteiger partial charge in [0.25, 0.3) is 0 Å². The Morgan fingerprint density at radius 3 is 1.17 bits per heavy atom. The second-order valence-corrected chi connectivity index (χ2v) is 1.68. The van der Waals surface area contributed by atoms with Crippen LogP contribution in [0.4, 0.5) is 0 Å². The summed E-state index contributed by atoms with van der Waals surface area (Å²) in [6, 6.07) is 0. The van der Waals surface area contributed by atoms with E-state index in [-0.39, 0.29) is 116 Å². The molecule has 0 aromatic rings. The molecule has 0 bridgehead atoms. The molecule has 6 heavy (non-hydrogen) atoms. The average molecular weight is 338 g/mol. The summed E-state index contributed by atoms with van der Waals surface area (Å²) in [7, 11) is 0. The maximum absolute atomic E-state index is 8.61. The van der Waals surface area contributed by atoms with Crippen LogP contribution in [-0.2, 0) is 3.08 Å². The number of rotatable bonds is 0. The van der Waals surface area contributed by atoms with E-state index in [1.807, 2.05) is 0 Å². The molecule has 0 atom stereocenters. The van der Waals surface area contributed by atoms with Crippen LogP contribution in [0.3, 0.4) is 0 Å².